The van der Waals surface area contributed by atoms with Crippen LogP contribution in [0.4, 0.5) is 11.4 Å². The van der Waals surface area contributed by atoms with Crippen molar-refractivity contribution in [3.05, 3.63) is 76.8 Å². The van der Waals surface area contributed by atoms with Crippen LogP contribution in [0, 0.1) is 5.21 Å². The predicted octanol–water partition coefficient (Wildman–Crippen LogP) is 2.00. The van der Waals surface area contributed by atoms with Gasteiger partial charge in [-0.3, -0.25) is 10.2 Å². The molecule has 2 N–H and O–H groups in total. The van der Waals surface area contributed by atoms with E-state index in [-0.39, 0.29) is 5.06 Å². The molecular formula is C23H22N4O5. The Morgan fingerprint density at radius 1 is 1.12 bits per heavy atom. The Balaban J connectivity index is 1.46. The van der Waals surface area contributed by atoms with E-state index in [0.717, 1.165) is 10.6 Å². The van der Waals surface area contributed by atoms with Crippen molar-refractivity contribution < 1.29 is 24.5 Å². The predicted molar refractivity (Wildman–Crippen MR) is 119 cm³/mol. The minimum atomic E-state index is -0.394. The maximum absolute atomic E-state index is 13.0. The first-order valence-electron chi connectivity index (χ1n) is 10.1. The maximum atomic E-state index is 13.0. The van der Waals surface area contributed by atoms with Crippen LogP contribution >= 0.6 is 0 Å². The lowest BCUT2D eigenvalue weighted by Crippen LogP contribution is -3.01. The van der Waals surface area contributed by atoms with Crippen LogP contribution in [0.25, 0.3) is 0 Å². The second-order valence-corrected chi connectivity index (χ2v) is 7.41. The van der Waals surface area contributed by atoms with Crippen molar-refractivity contribution in [1.29, 1.82) is 0 Å². The number of ether oxygens (including phenoxy) is 3. The molecule has 0 aromatic heterocycles. The van der Waals surface area contributed by atoms with Crippen molar-refractivity contribution >= 4 is 22.9 Å². The smallest absolute Gasteiger partial charge is 0.162 e. The van der Waals surface area contributed by atoms with Crippen molar-refractivity contribution in [2.45, 2.75) is 6.04 Å². The van der Waals surface area contributed by atoms with Gasteiger partial charge in [-0.1, -0.05) is 12.1 Å². The summed E-state index contributed by atoms with van der Waals surface area (Å²) in [5.74, 6) is 1.69. The van der Waals surface area contributed by atoms with Crippen LogP contribution in [0.3, 0.4) is 0 Å². The van der Waals surface area contributed by atoms with Gasteiger partial charge in [0, 0.05) is 24.8 Å². The lowest BCUT2D eigenvalue weighted by molar-refractivity contribution is -0.729. The van der Waals surface area contributed by atoms with Crippen molar-refractivity contribution in [1.82, 2.24) is 0 Å². The number of fused-ring (bicyclic) bond motifs is 3. The van der Waals surface area contributed by atoms with E-state index in [1.54, 1.807) is 56.7 Å². The van der Waals surface area contributed by atoms with E-state index in [4.69, 9.17) is 19.2 Å². The third kappa shape index (κ3) is 3.37. The topological polar surface area (TPSA) is 103 Å². The molecule has 0 radical (unpaired) electrons. The number of methoxy groups -OCH3 is 2. The third-order valence-electron chi connectivity index (χ3n) is 5.50. The summed E-state index contributed by atoms with van der Waals surface area (Å²) in [4.78, 5) is 9.34. The summed E-state index contributed by atoms with van der Waals surface area (Å²) < 4.78 is 16.2. The number of hydrogen-bond acceptors (Lipinski definition) is 8. The van der Waals surface area contributed by atoms with Crippen LogP contribution in [0.5, 0.6) is 11.5 Å². The summed E-state index contributed by atoms with van der Waals surface area (Å²) >= 11 is 0. The average molecular weight is 434 g/mol. The van der Waals surface area contributed by atoms with Crippen LogP contribution in [-0.4, -0.2) is 50.2 Å². The molecule has 5 rings (SSSR count). The number of nitrogens with one attached hydrogen (secondary N) is 1. The molecule has 2 aromatic rings. The number of benzene rings is 2. The number of hydroxylamine groups is 2. The summed E-state index contributed by atoms with van der Waals surface area (Å²) in [7, 11) is 3.19. The van der Waals surface area contributed by atoms with E-state index >= 15 is 0 Å². The SMILES string of the molecule is COCCOc1ccc(C2=NC3C=C4C(=CC3=N2)N(O)c2ccccc2[NH+]4[O-])cc1OC. The fourth-order valence-corrected chi connectivity index (χ4v) is 3.91. The van der Waals surface area contributed by atoms with Gasteiger partial charge in [0.05, 0.1) is 19.4 Å². The number of para-hydroxylation sites is 2. The summed E-state index contributed by atoms with van der Waals surface area (Å²) in [5, 5.41) is 24.6. The van der Waals surface area contributed by atoms with Gasteiger partial charge in [-0.2, -0.15) is 0 Å². The lowest BCUT2D eigenvalue weighted by Gasteiger charge is -2.37. The van der Waals surface area contributed by atoms with Gasteiger partial charge < -0.3 is 24.5 Å². The van der Waals surface area contributed by atoms with Crippen LogP contribution in [0.2, 0.25) is 0 Å². The molecule has 0 saturated carbocycles. The highest BCUT2D eigenvalue weighted by atomic mass is 16.5. The average Bonchev–Trinajstić information content (AvgIpc) is 3.25. The van der Waals surface area contributed by atoms with E-state index < -0.39 is 6.04 Å². The Bertz CT molecular complexity index is 1190. The molecule has 0 spiro atoms. The molecule has 0 bridgehead atoms. The molecule has 164 valence electrons. The molecule has 0 fully saturated rings. The summed E-state index contributed by atoms with van der Waals surface area (Å²) in [6.07, 6.45) is 3.46. The summed E-state index contributed by atoms with van der Waals surface area (Å²) in [5.41, 5.74) is 3.14. The fraction of sp³-hybridized carbons (Fsp3) is 0.217. The van der Waals surface area contributed by atoms with Crippen LogP contribution in [-0.2, 0) is 4.74 Å². The van der Waals surface area contributed by atoms with Crippen LogP contribution in [0.1, 0.15) is 5.56 Å². The van der Waals surface area contributed by atoms with Crippen LogP contribution < -0.4 is 19.6 Å². The first kappa shape index (κ1) is 20.4. The number of aliphatic imine (C=N–C) groups is 2. The standard InChI is InChI=1S/C23H22N4O5/c1-30-9-10-32-21-8-7-14(11-22(21)31-2)23-24-15-12-19-20(13-16(15)25-23)27(29)18-6-4-3-5-17(18)26(19)28/h3-8,11-13,15,26,29H,9-10H2,1-2H3. The zero-order chi connectivity index (χ0) is 22.2. The number of amidine groups is 1. The van der Waals surface area contributed by atoms with E-state index in [0.29, 0.717) is 59.0 Å². The summed E-state index contributed by atoms with van der Waals surface area (Å²) in [6, 6.07) is 12.0. The van der Waals surface area contributed by atoms with Crippen molar-refractivity contribution in [3.63, 3.8) is 0 Å². The van der Waals surface area contributed by atoms with Crippen molar-refractivity contribution in [2.24, 2.45) is 9.98 Å². The Hall–Kier alpha value is -3.50. The lowest BCUT2D eigenvalue weighted by atomic mass is 10.00. The maximum Gasteiger partial charge on any atom is 0.162 e. The molecule has 2 aliphatic heterocycles. The zero-order valence-corrected chi connectivity index (χ0v) is 17.6. The normalized spacial score (nSPS) is 20.9. The molecule has 2 atom stereocenters. The minimum absolute atomic E-state index is 0.140. The molecule has 2 unspecified atom stereocenters. The Morgan fingerprint density at radius 3 is 2.78 bits per heavy atom. The molecule has 2 aromatic carbocycles. The molecule has 0 saturated heterocycles. The summed E-state index contributed by atoms with van der Waals surface area (Å²) in [6.45, 7) is 0.882. The van der Waals surface area contributed by atoms with Gasteiger partial charge in [0.15, 0.2) is 28.7 Å². The number of hydrogen-bond donors (Lipinski definition) is 2. The molecule has 0 amide bonds. The molecule has 32 heavy (non-hydrogen) atoms. The van der Waals surface area contributed by atoms with Gasteiger partial charge in [0.25, 0.3) is 0 Å². The number of rotatable bonds is 6. The fourth-order valence-electron chi connectivity index (χ4n) is 3.91. The minimum Gasteiger partial charge on any atom is -0.623 e. The van der Waals surface area contributed by atoms with E-state index in [1.165, 1.54) is 0 Å². The number of nitrogens with zero attached hydrogens (tertiary/aromatic N) is 3. The quantitative estimate of drug-likeness (QED) is 0.533. The van der Waals surface area contributed by atoms with Gasteiger partial charge in [-0.25, -0.2) is 10.1 Å². The Kier molecular flexibility index (Phi) is 5.24. The van der Waals surface area contributed by atoms with Gasteiger partial charge >= 0.3 is 0 Å². The molecule has 9 heteroatoms. The molecule has 3 aliphatic rings. The van der Waals surface area contributed by atoms with E-state index in [2.05, 4.69) is 4.99 Å². The van der Waals surface area contributed by atoms with Crippen LogP contribution in [0.15, 0.2) is 76.0 Å². The molecule has 2 heterocycles. The van der Waals surface area contributed by atoms with Crippen molar-refractivity contribution in [2.75, 3.05) is 32.5 Å². The van der Waals surface area contributed by atoms with Gasteiger partial charge in [-0.05, 0) is 30.3 Å². The molecule has 1 aliphatic carbocycles. The highest BCUT2D eigenvalue weighted by Gasteiger charge is 2.37. The first-order chi connectivity index (χ1) is 15.6. The molecule has 9 nitrogen and oxygen atoms in total. The van der Waals surface area contributed by atoms with E-state index in [9.17, 15) is 10.4 Å². The first-order valence-corrected chi connectivity index (χ1v) is 10.1. The largest absolute Gasteiger partial charge is 0.623 e. The number of anilines is 1. The Labute approximate surface area is 184 Å². The Morgan fingerprint density at radius 2 is 1.97 bits per heavy atom. The highest BCUT2D eigenvalue weighted by molar-refractivity contribution is 6.18. The second kappa shape index (κ2) is 8.21. The zero-order valence-electron chi connectivity index (χ0n) is 17.6. The van der Waals surface area contributed by atoms with Gasteiger partial charge in [0.2, 0.25) is 0 Å². The number of quaternary nitrogens is 1. The van der Waals surface area contributed by atoms with Gasteiger partial charge in [0.1, 0.15) is 24.0 Å². The van der Waals surface area contributed by atoms with E-state index in [1.807, 2.05) is 12.1 Å². The third-order valence-corrected chi connectivity index (χ3v) is 5.50. The monoisotopic (exact) mass is 434 g/mol. The second-order valence-electron chi connectivity index (χ2n) is 7.41. The van der Waals surface area contributed by atoms with Gasteiger partial charge in [-0.15, -0.1) is 0 Å². The van der Waals surface area contributed by atoms with Crippen molar-refractivity contribution in [3.8, 4) is 11.5 Å². The highest BCUT2D eigenvalue weighted by Crippen LogP contribution is 2.35. The molecular weight excluding hydrogens is 412 g/mol.